The SMILES string of the molecule is CN(C)/C=C1/C(=O)C[C@@H](/C=C/c2ccccc2)N(C(C)(C)C)C1=O. The molecule has 1 aromatic rings. The Morgan fingerprint density at radius 2 is 1.75 bits per heavy atom. The van der Waals surface area contributed by atoms with Gasteiger partial charge < -0.3 is 9.80 Å². The van der Waals surface area contributed by atoms with E-state index in [9.17, 15) is 9.59 Å². The Morgan fingerprint density at radius 3 is 2.29 bits per heavy atom. The largest absolute Gasteiger partial charge is 0.383 e. The molecule has 0 unspecified atom stereocenters. The van der Waals surface area contributed by atoms with E-state index in [1.807, 2.05) is 82.3 Å². The zero-order valence-corrected chi connectivity index (χ0v) is 15.1. The summed E-state index contributed by atoms with van der Waals surface area (Å²) in [6.45, 7) is 5.99. The molecule has 0 aromatic heterocycles. The van der Waals surface area contributed by atoms with Gasteiger partial charge >= 0.3 is 0 Å². The molecule has 2 rings (SSSR count). The summed E-state index contributed by atoms with van der Waals surface area (Å²) in [5.41, 5.74) is 0.953. The first-order valence-electron chi connectivity index (χ1n) is 8.18. The first kappa shape index (κ1) is 18.0. The van der Waals surface area contributed by atoms with Crippen molar-refractivity contribution in [3.63, 3.8) is 0 Å². The van der Waals surface area contributed by atoms with Crippen LogP contribution in [-0.2, 0) is 9.59 Å². The topological polar surface area (TPSA) is 40.6 Å². The number of piperidine rings is 1. The number of hydrogen-bond acceptors (Lipinski definition) is 3. The summed E-state index contributed by atoms with van der Waals surface area (Å²) in [6, 6.07) is 9.67. The molecular weight excluding hydrogens is 300 g/mol. The summed E-state index contributed by atoms with van der Waals surface area (Å²) < 4.78 is 0. The van der Waals surface area contributed by atoms with E-state index in [2.05, 4.69) is 0 Å². The molecule has 1 atom stereocenters. The van der Waals surface area contributed by atoms with Crippen LogP contribution in [0.4, 0.5) is 0 Å². The van der Waals surface area contributed by atoms with Crippen molar-refractivity contribution < 1.29 is 9.59 Å². The van der Waals surface area contributed by atoms with E-state index in [0.717, 1.165) is 5.56 Å². The minimum atomic E-state index is -0.366. The van der Waals surface area contributed by atoms with Crippen molar-refractivity contribution in [2.45, 2.75) is 38.8 Å². The molecule has 0 N–H and O–H groups in total. The van der Waals surface area contributed by atoms with E-state index < -0.39 is 0 Å². The molecule has 1 amide bonds. The van der Waals surface area contributed by atoms with Crippen LogP contribution in [0.1, 0.15) is 32.8 Å². The van der Waals surface area contributed by atoms with Gasteiger partial charge in [-0.15, -0.1) is 0 Å². The van der Waals surface area contributed by atoms with Gasteiger partial charge in [0.2, 0.25) is 0 Å². The van der Waals surface area contributed by atoms with Crippen molar-refractivity contribution in [2.24, 2.45) is 0 Å². The number of Topliss-reactive ketones (excluding diaryl/α,β-unsaturated/α-hetero) is 1. The Bertz CT molecular complexity index is 667. The average molecular weight is 326 g/mol. The third-order valence-corrected chi connectivity index (χ3v) is 3.90. The number of carbonyl (C=O) groups is 2. The van der Waals surface area contributed by atoms with Gasteiger partial charge in [-0.3, -0.25) is 9.59 Å². The molecule has 1 aliphatic heterocycles. The molecule has 1 saturated heterocycles. The summed E-state index contributed by atoms with van der Waals surface area (Å²) in [5, 5.41) is 0. The van der Waals surface area contributed by atoms with Crippen molar-refractivity contribution >= 4 is 17.8 Å². The number of likely N-dealkylation sites (tertiary alicyclic amines) is 1. The van der Waals surface area contributed by atoms with Crippen LogP contribution in [0.15, 0.2) is 48.2 Å². The second kappa shape index (κ2) is 7.04. The fraction of sp³-hybridized carbons (Fsp3) is 0.400. The molecule has 0 saturated carbocycles. The van der Waals surface area contributed by atoms with Crippen molar-refractivity contribution in [3.8, 4) is 0 Å². The molecule has 0 bridgehead atoms. The van der Waals surface area contributed by atoms with Crippen LogP contribution in [0.2, 0.25) is 0 Å². The maximum absolute atomic E-state index is 12.9. The number of ketones is 1. The van der Waals surface area contributed by atoms with Gasteiger partial charge in [0.05, 0.1) is 11.6 Å². The van der Waals surface area contributed by atoms with E-state index in [1.54, 1.807) is 11.1 Å². The lowest BCUT2D eigenvalue weighted by molar-refractivity contribution is -0.140. The van der Waals surface area contributed by atoms with Crippen molar-refractivity contribution in [1.82, 2.24) is 9.80 Å². The Kier molecular flexibility index (Phi) is 5.27. The van der Waals surface area contributed by atoms with Gasteiger partial charge in [0.1, 0.15) is 0 Å². The lowest BCUT2D eigenvalue weighted by Gasteiger charge is -2.43. The highest BCUT2D eigenvalue weighted by Crippen LogP contribution is 2.29. The van der Waals surface area contributed by atoms with Crippen molar-refractivity contribution in [2.75, 3.05) is 14.1 Å². The minimum Gasteiger partial charge on any atom is -0.383 e. The van der Waals surface area contributed by atoms with Gasteiger partial charge in [-0.25, -0.2) is 0 Å². The number of benzene rings is 1. The Balaban J connectivity index is 2.35. The second-order valence-electron chi connectivity index (χ2n) is 7.32. The molecule has 4 nitrogen and oxygen atoms in total. The average Bonchev–Trinajstić information content (AvgIpc) is 2.48. The molecule has 0 radical (unpaired) electrons. The van der Waals surface area contributed by atoms with Crippen molar-refractivity contribution in [1.29, 1.82) is 0 Å². The normalized spacial score (nSPS) is 21.0. The van der Waals surface area contributed by atoms with E-state index in [4.69, 9.17) is 0 Å². The number of carbonyl (C=O) groups excluding carboxylic acids is 2. The van der Waals surface area contributed by atoms with Crippen LogP contribution in [0, 0.1) is 0 Å². The van der Waals surface area contributed by atoms with Gasteiger partial charge in [-0.1, -0.05) is 42.5 Å². The molecule has 1 aliphatic rings. The highest BCUT2D eigenvalue weighted by atomic mass is 16.2. The third kappa shape index (κ3) is 4.13. The maximum Gasteiger partial charge on any atom is 0.259 e. The maximum atomic E-state index is 12.9. The van der Waals surface area contributed by atoms with E-state index in [-0.39, 0.29) is 28.8 Å². The molecule has 128 valence electrons. The lowest BCUT2D eigenvalue weighted by Crippen LogP contribution is -2.56. The van der Waals surface area contributed by atoms with Gasteiger partial charge in [0, 0.05) is 32.3 Å². The highest BCUT2D eigenvalue weighted by molar-refractivity contribution is 6.21. The van der Waals surface area contributed by atoms with Crippen LogP contribution in [0.25, 0.3) is 6.08 Å². The van der Waals surface area contributed by atoms with Crippen molar-refractivity contribution in [3.05, 3.63) is 53.7 Å². The Labute approximate surface area is 144 Å². The summed E-state index contributed by atoms with van der Waals surface area (Å²) in [6.07, 6.45) is 5.87. The van der Waals surface area contributed by atoms with Crippen LogP contribution >= 0.6 is 0 Å². The standard InChI is InChI=1S/C20H26N2O2/c1-20(2,3)22-16(12-11-15-9-7-6-8-10-15)13-18(23)17(19(22)24)14-21(4)5/h6-12,14,16H,13H2,1-5H3/b12-11+,17-14-/t16-/m1/s1. The first-order chi connectivity index (χ1) is 11.2. The van der Waals surface area contributed by atoms with Gasteiger partial charge in [0.15, 0.2) is 5.78 Å². The zero-order chi connectivity index (χ0) is 17.9. The van der Waals surface area contributed by atoms with E-state index >= 15 is 0 Å². The predicted molar refractivity (Wildman–Crippen MR) is 97.3 cm³/mol. The molecule has 0 aliphatic carbocycles. The summed E-state index contributed by atoms with van der Waals surface area (Å²) in [4.78, 5) is 28.9. The molecule has 1 heterocycles. The fourth-order valence-corrected chi connectivity index (χ4v) is 2.92. The van der Waals surface area contributed by atoms with Gasteiger partial charge in [0.25, 0.3) is 5.91 Å². The second-order valence-corrected chi connectivity index (χ2v) is 7.32. The minimum absolute atomic E-state index is 0.100. The van der Waals surface area contributed by atoms with Crippen LogP contribution in [-0.4, -0.2) is 47.2 Å². The van der Waals surface area contributed by atoms with E-state index in [0.29, 0.717) is 6.42 Å². The number of hydrogen-bond donors (Lipinski definition) is 0. The first-order valence-corrected chi connectivity index (χ1v) is 8.18. The highest BCUT2D eigenvalue weighted by Gasteiger charge is 2.41. The Morgan fingerprint density at radius 1 is 1.12 bits per heavy atom. The van der Waals surface area contributed by atoms with E-state index in [1.165, 1.54) is 0 Å². The quantitative estimate of drug-likeness (QED) is 0.633. The zero-order valence-electron chi connectivity index (χ0n) is 15.1. The number of rotatable bonds is 3. The summed E-state index contributed by atoms with van der Waals surface area (Å²) in [5.74, 6) is -0.299. The predicted octanol–water partition coefficient (Wildman–Crippen LogP) is 3.11. The molecule has 1 fully saturated rings. The van der Waals surface area contributed by atoms with Gasteiger partial charge in [-0.2, -0.15) is 0 Å². The smallest absolute Gasteiger partial charge is 0.259 e. The fourth-order valence-electron chi connectivity index (χ4n) is 2.92. The van der Waals surface area contributed by atoms with Crippen LogP contribution in [0.3, 0.4) is 0 Å². The molecule has 1 aromatic carbocycles. The lowest BCUT2D eigenvalue weighted by atomic mass is 9.90. The number of nitrogens with zero attached hydrogens (tertiary/aromatic N) is 2. The molecular formula is C20H26N2O2. The molecule has 4 heteroatoms. The Hall–Kier alpha value is -2.36. The third-order valence-electron chi connectivity index (χ3n) is 3.90. The van der Waals surface area contributed by atoms with Crippen LogP contribution in [0.5, 0.6) is 0 Å². The summed E-state index contributed by atoms with van der Waals surface area (Å²) in [7, 11) is 3.63. The molecule has 0 spiro atoms. The summed E-state index contributed by atoms with van der Waals surface area (Å²) >= 11 is 0. The van der Waals surface area contributed by atoms with Crippen LogP contribution < -0.4 is 0 Å². The monoisotopic (exact) mass is 326 g/mol. The molecule has 24 heavy (non-hydrogen) atoms. The number of amides is 1. The van der Waals surface area contributed by atoms with Gasteiger partial charge in [-0.05, 0) is 26.3 Å².